The number of amides is 2. The van der Waals surface area contributed by atoms with E-state index in [2.05, 4.69) is 21.6 Å². The van der Waals surface area contributed by atoms with Gasteiger partial charge in [-0.15, -0.1) is 10.2 Å². The lowest BCUT2D eigenvalue weighted by molar-refractivity contribution is 0.182. The molecule has 2 heterocycles. The van der Waals surface area contributed by atoms with Gasteiger partial charge in [0.2, 0.25) is 0 Å². The van der Waals surface area contributed by atoms with Crippen LogP contribution in [0.25, 0.3) is 0 Å². The van der Waals surface area contributed by atoms with Crippen molar-refractivity contribution in [1.29, 1.82) is 0 Å². The highest BCUT2D eigenvalue weighted by Gasteiger charge is 2.21. The number of hydrogen-bond donors (Lipinski definition) is 1. The molecule has 20 heavy (non-hydrogen) atoms. The van der Waals surface area contributed by atoms with Crippen LogP contribution in [-0.2, 0) is 13.1 Å². The fourth-order valence-electron chi connectivity index (χ4n) is 2.81. The van der Waals surface area contributed by atoms with Gasteiger partial charge in [0.15, 0.2) is 5.82 Å². The Labute approximate surface area is 118 Å². The average molecular weight is 275 g/mol. The second kappa shape index (κ2) is 6.07. The topological polar surface area (TPSA) is 63.1 Å². The van der Waals surface area contributed by atoms with Gasteiger partial charge in [-0.25, -0.2) is 4.79 Å². The lowest BCUT2D eigenvalue weighted by Gasteiger charge is -2.27. The van der Waals surface area contributed by atoms with Gasteiger partial charge in [-0.1, -0.05) is 11.6 Å². The number of rotatable bonds is 3. The molecule has 0 saturated heterocycles. The summed E-state index contributed by atoms with van der Waals surface area (Å²) in [6.07, 6.45) is 10.0. The quantitative estimate of drug-likeness (QED) is 0.854. The van der Waals surface area contributed by atoms with E-state index in [0.717, 1.165) is 31.9 Å². The van der Waals surface area contributed by atoms with Crippen molar-refractivity contribution in [2.24, 2.45) is 0 Å². The monoisotopic (exact) mass is 275 g/mol. The average Bonchev–Trinajstić information content (AvgIpc) is 2.95. The zero-order valence-electron chi connectivity index (χ0n) is 11.7. The summed E-state index contributed by atoms with van der Waals surface area (Å²) in [5, 5.41) is 10.9. The molecule has 0 spiro atoms. The van der Waals surface area contributed by atoms with E-state index in [0.29, 0.717) is 6.54 Å². The fraction of sp³-hybridized carbons (Fsp3) is 0.643. The van der Waals surface area contributed by atoms with E-state index in [4.69, 9.17) is 0 Å². The van der Waals surface area contributed by atoms with Gasteiger partial charge in [0.05, 0.1) is 6.54 Å². The van der Waals surface area contributed by atoms with Crippen LogP contribution >= 0.6 is 0 Å². The first-order valence-corrected chi connectivity index (χ1v) is 7.40. The van der Waals surface area contributed by atoms with Gasteiger partial charge in [-0.05, 0) is 32.1 Å². The Hall–Kier alpha value is -1.85. The summed E-state index contributed by atoms with van der Waals surface area (Å²) in [7, 11) is 0. The normalized spacial score (nSPS) is 18.4. The van der Waals surface area contributed by atoms with E-state index in [-0.39, 0.29) is 6.03 Å². The lowest BCUT2D eigenvalue weighted by atomic mass is 9.97. The minimum absolute atomic E-state index is 0.00987. The highest BCUT2D eigenvalue weighted by molar-refractivity contribution is 5.74. The Morgan fingerprint density at radius 2 is 2.30 bits per heavy atom. The van der Waals surface area contributed by atoms with Crippen LogP contribution in [0.15, 0.2) is 18.0 Å². The maximum absolute atomic E-state index is 12.1. The summed E-state index contributed by atoms with van der Waals surface area (Å²) in [6, 6.07) is 0.00987. The van der Waals surface area contributed by atoms with Gasteiger partial charge in [0.1, 0.15) is 6.33 Å². The zero-order chi connectivity index (χ0) is 13.8. The summed E-state index contributed by atoms with van der Waals surface area (Å²) >= 11 is 0. The van der Waals surface area contributed by atoms with Crippen molar-refractivity contribution in [2.75, 3.05) is 13.1 Å². The van der Waals surface area contributed by atoms with Crippen LogP contribution in [0.3, 0.4) is 0 Å². The minimum Gasteiger partial charge on any atom is -0.338 e. The second-order valence-electron chi connectivity index (χ2n) is 5.45. The Balaban J connectivity index is 1.44. The molecule has 0 radical (unpaired) electrons. The molecule has 2 aliphatic rings. The molecule has 1 aliphatic heterocycles. The molecule has 1 aliphatic carbocycles. The first kappa shape index (κ1) is 13.1. The molecule has 6 heteroatoms. The maximum atomic E-state index is 12.1. The first-order valence-electron chi connectivity index (χ1n) is 7.40. The number of nitrogens with zero attached hydrogens (tertiary/aromatic N) is 4. The van der Waals surface area contributed by atoms with Crippen molar-refractivity contribution in [3.8, 4) is 0 Å². The number of hydrogen-bond acceptors (Lipinski definition) is 3. The molecule has 0 bridgehead atoms. The fourth-order valence-corrected chi connectivity index (χ4v) is 2.81. The maximum Gasteiger partial charge on any atom is 0.317 e. The molecule has 1 aromatic heterocycles. The Kier molecular flexibility index (Phi) is 3.99. The third-order valence-corrected chi connectivity index (χ3v) is 4.03. The summed E-state index contributed by atoms with van der Waals surface area (Å²) in [5.74, 6) is 0.862. The van der Waals surface area contributed by atoms with Crippen LogP contribution < -0.4 is 5.32 Å². The van der Waals surface area contributed by atoms with E-state index in [9.17, 15) is 4.79 Å². The third kappa shape index (κ3) is 3.00. The molecule has 0 aromatic carbocycles. The van der Waals surface area contributed by atoms with Gasteiger partial charge >= 0.3 is 6.03 Å². The van der Waals surface area contributed by atoms with Crippen molar-refractivity contribution in [3.63, 3.8) is 0 Å². The smallest absolute Gasteiger partial charge is 0.317 e. The Morgan fingerprint density at radius 1 is 1.35 bits per heavy atom. The number of urea groups is 1. The van der Waals surface area contributed by atoms with Gasteiger partial charge in [0.25, 0.3) is 0 Å². The number of aromatic nitrogens is 3. The summed E-state index contributed by atoms with van der Waals surface area (Å²) < 4.78 is 2.00. The largest absolute Gasteiger partial charge is 0.338 e. The van der Waals surface area contributed by atoms with Gasteiger partial charge in [-0.2, -0.15) is 0 Å². The van der Waals surface area contributed by atoms with Crippen LogP contribution in [0.1, 0.15) is 37.9 Å². The molecular weight excluding hydrogens is 254 g/mol. The molecule has 6 nitrogen and oxygen atoms in total. The predicted octanol–water partition coefficient (Wildman–Crippen LogP) is 1.69. The molecule has 0 atom stereocenters. The van der Waals surface area contributed by atoms with Crippen molar-refractivity contribution in [1.82, 2.24) is 25.0 Å². The van der Waals surface area contributed by atoms with E-state index >= 15 is 0 Å². The second-order valence-corrected chi connectivity index (χ2v) is 5.45. The van der Waals surface area contributed by atoms with Crippen molar-refractivity contribution < 1.29 is 4.79 Å². The van der Waals surface area contributed by atoms with Gasteiger partial charge in [0, 0.05) is 19.6 Å². The van der Waals surface area contributed by atoms with Gasteiger partial charge in [-0.3, -0.25) is 0 Å². The van der Waals surface area contributed by atoms with Gasteiger partial charge < -0.3 is 14.8 Å². The third-order valence-electron chi connectivity index (χ3n) is 4.03. The molecule has 1 aromatic rings. The van der Waals surface area contributed by atoms with Crippen LogP contribution in [0.5, 0.6) is 0 Å². The van der Waals surface area contributed by atoms with E-state index in [1.165, 1.54) is 31.3 Å². The zero-order valence-corrected chi connectivity index (χ0v) is 11.7. The molecule has 0 unspecified atom stereocenters. The van der Waals surface area contributed by atoms with Crippen LogP contribution in [0, 0.1) is 0 Å². The number of fused-ring (bicyclic) bond motifs is 1. The summed E-state index contributed by atoms with van der Waals surface area (Å²) in [6.45, 7) is 2.78. The number of allylic oxidation sites excluding steroid dienone is 1. The Morgan fingerprint density at radius 3 is 3.15 bits per heavy atom. The van der Waals surface area contributed by atoms with Crippen molar-refractivity contribution in [3.05, 3.63) is 23.8 Å². The molecule has 108 valence electrons. The molecule has 0 saturated carbocycles. The Bertz CT molecular complexity index is 507. The van der Waals surface area contributed by atoms with Crippen LogP contribution in [-0.4, -0.2) is 38.8 Å². The molecule has 0 fully saturated rings. The molecule has 2 amide bonds. The van der Waals surface area contributed by atoms with E-state index in [1.807, 2.05) is 4.57 Å². The molecule has 1 N–H and O–H groups in total. The highest BCUT2D eigenvalue weighted by Crippen LogP contribution is 2.19. The van der Waals surface area contributed by atoms with Crippen molar-refractivity contribution in [2.45, 2.75) is 45.2 Å². The SMILES string of the molecule is O=C(NCCC1=CCCCC1)N1CCn2cnnc2C1. The molecule has 3 rings (SSSR count). The lowest BCUT2D eigenvalue weighted by Crippen LogP contribution is -2.44. The predicted molar refractivity (Wildman–Crippen MR) is 75.0 cm³/mol. The van der Waals surface area contributed by atoms with Crippen LogP contribution in [0.4, 0.5) is 4.79 Å². The van der Waals surface area contributed by atoms with E-state index in [1.54, 1.807) is 11.2 Å². The summed E-state index contributed by atoms with van der Waals surface area (Å²) in [4.78, 5) is 13.9. The minimum atomic E-state index is 0.00987. The first-order chi connectivity index (χ1) is 9.83. The highest BCUT2D eigenvalue weighted by atomic mass is 16.2. The summed E-state index contributed by atoms with van der Waals surface area (Å²) in [5.41, 5.74) is 1.50. The van der Waals surface area contributed by atoms with Crippen molar-refractivity contribution >= 4 is 6.03 Å². The number of nitrogens with one attached hydrogen (secondary N) is 1. The van der Waals surface area contributed by atoms with E-state index < -0.39 is 0 Å². The number of carbonyl (C=O) groups is 1. The number of carbonyl (C=O) groups excluding carboxylic acids is 1. The standard InChI is InChI=1S/C14H21N5O/c20-14(15-7-6-12-4-2-1-3-5-12)18-8-9-19-11-16-17-13(19)10-18/h4,11H,1-3,5-10H2,(H,15,20). The molecular formula is C14H21N5O. The van der Waals surface area contributed by atoms with Crippen LogP contribution in [0.2, 0.25) is 0 Å².